The third-order valence-electron chi connectivity index (χ3n) is 8.17. The van der Waals surface area contributed by atoms with E-state index >= 15 is 0 Å². The van der Waals surface area contributed by atoms with Gasteiger partial charge in [0, 0.05) is 22.3 Å². The van der Waals surface area contributed by atoms with E-state index in [9.17, 15) is 0 Å². The zero-order valence-corrected chi connectivity index (χ0v) is 26.9. The summed E-state index contributed by atoms with van der Waals surface area (Å²) in [5.41, 5.74) is 8.14. The molecule has 0 fully saturated rings. The molecule has 1 aliphatic heterocycles. The van der Waals surface area contributed by atoms with Crippen molar-refractivity contribution in [3.63, 3.8) is 0 Å². The molecule has 0 saturated carbocycles. The summed E-state index contributed by atoms with van der Waals surface area (Å²) in [5.74, 6) is 4.28. The van der Waals surface area contributed by atoms with Crippen LogP contribution in [0.1, 0.15) is 0 Å². The molecule has 0 aliphatic carbocycles. The summed E-state index contributed by atoms with van der Waals surface area (Å²) in [5, 5.41) is 0. The van der Waals surface area contributed by atoms with Crippen molar-refractivity contribution in [2.45, 2.75) is 0 Å². The number of pyridine rings is 1. The van der Waals surface area contributed by atoms with E-state index in [0.717, 1.165) is 56.3 Å². The fourth-order valence-corrected chi connectivity index (χ4v) is 5.67. The maximum absolute atomic E-state index is 6.13. The van der Waals surface area contributed by atoms with Gasteiger partial charge in [-0.15, -0.1) is 0 Å². The van der Waals surface area contributed by atoms with Gasteiger partial charge in [0.2, 0.25) is 0 Å². The second-order valence-electron chi connectivity index (χ2n) is 11.5. The van der Waals surface area contributed by atoms with Gasteiger partial charge in [0.25, 0.3) is 0 Å². The molecule has 8 aromatic rings. The second-order valence-corrected chi connectivity index (χ2v) is 11.5. The molecule has 2 aromatic heterocycles. The van der Waals surface area contributed by atoms with Crippen molar-refractivity contribution >= 4 is 0 Å². The van der Waals surface area contributed by atoms with E-state index in [2.05, 4.69) is 57.4 Å². The van der Waals surface area contributed by atoms with Crippen molar-refractivity contribution in [1.29, 1.82) is 0 Å². The predicted molar refractivity (Wildman–Crippen MR) is 198 cm³/mol. The Kier molecular flexibility index (Phi) is 8.55. The fourth-order valence-electron chi connectivity index (χ4n) is 5.67. The third kappa shape index (κ3) is 6.72. The smallest absolute Gasteiger partial charge is 0.170 e. The molecule has 3 heterocycles. The van der Waals surface area contributed by atoms with Crippen LogP contribution in [0, 0.1) is 0 Å². The van der Waals surface area contributed by atoms with Crippen molar-refractivity contribution in [3.8, 4) is 79.4 Å². The first kappa shape index (κ1) is 30.4. The largest absolute Gasteiger partial charge is 0.450 e. The molecule has 0 atom stereocenters. The molecule has 238 valence electrons. The third-order valence-corrected chi connectivity index (χ3v) is 8.17. The van der Waals surface area contributed by atoms with Crippen LogP contribution in [0.4, 0.5) is 0 Å². The molecular weight excluding hydrogens is 617 g/mol. The summed E-state index contributed by atoms with van der Waals surface area (Å²) in [6.07, 6.45) is 1.55. The minimum Gasteiger partial charge on any atom is -0.450 e. The van der Waals surface area contributed by atoms with Gasteiger partial charge in [0.1, 0.15) is 6.33 Å². The summed E-state index contributed by atoms with van der Waals surface area (Å²) in [6, 6.07) is 58.3. The van der Waals surface area contributed by atoms with Crippen molar-refractivity contribution in [1.82, 2.24) is 19.9 Å². The maximum Gasteiger partial charge on any atom is 0.170 e. The number of nitrogens with zero attached hydrogens (tertiary/aromatic N) is 4. The second kappa shape index (κ2) is 14.1. The van der Waals surface area contributed by atoms with E-state index in [1.807, 2.05) is 133 Å². The molecule has 6 heteroatoms. The number of aromatic nitrogens is 4. The molecule has 9 rings (SSSR count). The Hall–Kier alpha value is -6.92. The normalized spacial score (nSPS) is 11.1. The van der Waals surface area contributed by atoms with Crippen LogP contribution in [0.25, 0.3) is 56.4 Å². The standard InChI is InChI=1S/C29H19NO2.C15H11N3/c1-3-9-20(10-4-1)24-17-23(18-25(30-24)21-11-5-2-6-12-21)22-15-16-28-29(19-22)32-27-14-8-7-13-26(27)31-28;1-3-7-12(8-4-1)14-16-11-17-15(18-14)13-9-5-2-6-10-13/h1-19H;1-11H. The Labute approximate surface area is 290 Å². The number of rotatable bonds is 5. The molecule has 0 spiro atoms. The van der Waals surface area contributed by atoms with Gasteiger partial charge in [-0.3, -0.25) is 0 Å². The Balaban J connectivity index is 0.000000170. The van der Waals surface area contributed by atoms with Gasteiger partial charge >= 0.3 is 0 Å². The molecule has 0 bridgehead atoms. The maximum atomic E-state index is 6.13. The Morgan fingerprint density at radius 3 is 1.22 bits per heavy atom. The first-order valence-corrected chi connectivity index (χ1v) is 16.3. The minimum atomic E-state index is 0.699. The summed E-state index contributed by atoms with van der Waals surface area (Å²) < 4.78 is 12.1. The average molecular weight is 647 g/mol. The molecule has 0 radical (unpaired) electrons. The molecule has 6 nitrogen and oxygen atoms in total. The molecule has 0 N–H and O–H groups in total. The number of para-hydroxylation sites is 2. The van der Waals surface area contributed by atoms with E-state index < -0.39 is 0 Å². The van der Waals surface area contributed by atoms with Gasteiger partial charge in [-0.05, 0) is 47.5 Å². The average Bonchev–Trinajstić information content (AvgIpc) is 3.21. The van der Waals surface area contributed by atoms with Crippen LogP contribution < -0.4 is 9.47 Å². The van der Waals surface area contributed by atoms with Gasteiger partial charge in [-0.1, -0.05) is 140 Å². The molecular formula is C44H30N4O2. The van der Waals surface area contributed by atoms with E-state index in [1.165, 1.54) is 0 Å². The number of fused-ring (bicyclic) bond motifs is 2. The topological polar surface area (TPSA) is 70.0 Å². The summed E-state index contributed by atoms with van der Waals surface area (Å²) in [4.78, 5) is 17.9. The summed E-state index contributed by atoms with van der Waals surface area (Å²) in [6.45, 7) is 0. The molecule has 0 saturated heterocycles. The lowest BCUT2D eigenvalue weighted by Crippen LogP contribution is -1.99. The SMILES string of the molecule is c1ccc(-c2cc(-c3ccc4c(c3)Oc3ccccc3O4)cc(-c3ccccc3)n2)cc1.c1ccc(-c2ncnc(-c3ccccc3)n2)cc1. The van der Waals surface area contributed by atoms with Crippen LogP contribution in [0.3, 0.4) is 0 Å². The van der Waals surface area contributed by atoms with Gasteiger partial charge in [0.05, 0.1) is 11.4 Å². The van der Waals surface area contributed by atoms with Gasteiger partial charge < -0.3 is 9.47 Å². The van der Waals surface area contributed by atoms with E-state index in [1.54, 1.807) is 6.33 Å². The van der Waals surface area contributed by atoms with Crippen molar-refractivity contribution < 1.29 is 9.47 Å². The zero-order chi connectivity index (χ0) is 33.5. The number of hydrogen-bond acceptors (Lipinski definition) is 6. The predicted octanol–water partition coefficient (Wildman–Crippen LogP) is 11.2. The van der Waals surface area contributed by atoms with Crippen LogP contribution >= 0.6 is 0 Å². The number of benzene rings is 6. The Morgan fingerprint density at radius 2 is 0.720 bits per heavy atom. The first-order chi connectivity index (χ1) is 24.8. The first-order valence-electron chi connectivity index (χ1n) is 16.3. The Morgan fingerprint density at radius 1 is 0.300 bits per heavy atom. The Bertz CT molecular complexity index is 2260. The highest BCUT2D eigenvalue weighted by Crippen LogP contribution is 2.46. The molecule has 1 aliphatic rings. The van der Waals surface area contributed by atoms with Crippen molar-refractivity contribution in [2.75, 3.05) is 0 Å². The van der Waals surface area contributed by atoms with Crippen molar-refractivity contribution in [2.24, 2.45) is 0 Å². The van der Waals surface area contributed by atoms with Crippen LogP contribution in [0.2, 0.25) is 0 Å². The highest BCUT2D eigenvalue weighted by Gasteiger charge is 2.19. The lowest BCUT2D eigenvalue weighted by atomic mass is 9.99. The van der Waals surface area contributed by atoms with Gasteiger partial charge in [-0.2, -0.15) is 0 Å². The molecule has 50 heavy (non-hydrogen) atoms. The highest BCUT2D eigenvalue weighted by atomic mass is 16.6. The van der Waals surface area contributed by atoms with E-state index in [4.69, 9.17) is 14.5 Å². The van der Waals surface area contributed by atoms with Crippen LogP contribution in [-0.2, 0) is 0 Å². The molecule has 0 unspecified atom stereocenters. The highest BCUT2D eigenvalue weighted by molar-refractivity contribution is 5.78. The zero-order valence-electron chi connectivity index (χ0n) is 26.9. The van der Waals surface area contributed by atoms with E-state index in [-0.39, 0.29) is 0 Å². The minimum absolute atomic E-state index is 0.699. The van der Waals surface area contributed by atoms with Gasteiger partial charge in [0.15, 0.2) is 34.6 Å². The monoisotopic (exact) mass is 646 g/mol. The van der Waals surface area contributed by atoms with Crippen LogP contribution in [0.5, 0.6) is 23.0 Å². The lowest BCUT2D eigenvalue weighted by Gasteiger charge is -2.21. The quantitative estimate of drug-likeness (QED) is 0.185. The molecule has 6 aromatic carbocycles. The molecule has 0 amide bonds. The summed E-state index contributed by atoms with van der Waals surface area (Å²) >= 11 is 0. The number of ether oxygens (including phenoxy) is 2. The van der Waals surface area contributed by atoms with Crippen LogP contribution in [-0.4, -0.2) is 19.9 Å². The van der Waals surface area contributed by atoms with Crippen LogP contribution in [0.15, 0.2) is 182 Å². The van der Waals surface area contributed by atoms with Crippen molar-refractivity contribution in [3.05, 3.63) is 182 Å². The van der Waals surface area contributed by atoms with Gasteiger partial charge in [-0.25, -0.2) is 19.9 Å². The fraction of sp³-hybridized carbons (Fsp3) is 0. The lowest BCUT2D eigenvalue weighted by molar-refractivity contribution is 0.360. The summed E-state index contributed by atoms with van der Waals surface area (Å²) in [7, 11) is 0. The number of hydrogen-bond donors (Lipinski definition) is 0. The van der Waals surface area contributed by atoms with E-state index in [0.29, 0.717) is 23.1 Å².